The van der Waals surface area contributed by atoms with E-state index in [0.29, 0.717) is 0 Å². The lowest BCUT2D eigenvalue weighted by Gasteiger charge is -2.35. The van der Waals surface area contributed by atoms with Gasteiger partial charge in [0.1, 0.15) is 0 Å². The van der Waals surface area contributed by atoms with E-state index in [1.165, 1.54) is 16.7 Å². The van der Waals surface area contributed by atoms with Crippen molar-refractivity contribution in [2.24, 2.45) is 0 Å². The molecule has 1 fully saturated rings. The summed E-state index contributed by atoms with van der Waals surface area (Å²) < 4.78 is 0. The molecular formula is C16H26N2O. The number of piperazine rings is 1. The van der Waals surface area contributed by atoms with E-state index in [1.54, 1.807) is 0 Å². The summed E-state index contributed by atoms with van der Waals surface area (Å²) in [5.41, 5.74) is 4.17. The Labute approximate surface area is 116 Å². The Morgan fingerprint density at radius 2 is 1.74 bits per heavy atom. The summed E-state index contributed by atoms with van der Waals surface area (Å²) in [7, 11) is 0. The Kier molecular flexibility index (Phi) is 4.97. The minimum atomic E-state index is -0.217. The van der Waals surface area contributed by atoms with Gasteiger partial charge in [0, 0.05) is 39.3 Å². The highest BCUT2D eigenvalue weighted by molar-refractivity contribution is 5.30. The van der Waals surface area contributed by atoms with Crippen LogP contribution in [0.2, 0.25) is 0 Å². The molecule has 0 amide bonds. The van der Waals surface area contributed by atoms with Crippen molar-refractivity contribution in [1.29, 1.82) is 0 Å². The van der Waals surface area contributed by atoms with E-state index in [2.05, 4.69) is 41.8 Å². The van der Waals surface area contributed by atoms with Crippen molar-refractivity contribution < 1.29 is 5.11 Å². The van der Waals surface area contributed by atoms with Crippen LogP contribution in [0, 0.1) is 13.8 Å². The second-order valence-electron chi connectivity index (χ2n) is 5.86. The van der Waals surface area contributed by atoms with Gasteiger partial charge >= 0.3 is 0 Å². The topological polar surface area (TPSA) is 26.7 Å². The van der Waals surface area contributed by atoms with E-state index in [0.717, 1.165) is 39.3 Å². The number of nitrogens with zero attached hydrogens (tertiary/aromatic N) is 2. The number of aliphatic hydroxyl groups excluding tert-OH is 1. The van der Waals surface area contributed by atoms with Gasteiger partial charge in [0.05, 0.1) is 6.10 Å². The zero-order chi connectivity index (χ0) is 13.8. The van der Waals surface area contributed by atoms with E-state index < -0.39 is 0 Å². The highest BCUT2D eigenvalue weighted by Gasteiger charge is 2.18. The van der Waals surface area contributed by atoms with Gasteiger partial charge in [-0.15, -0.1) is 0 Å². The Hall–Kier alpha value is -0.900. The lowest BCUT2D eigenvalue weighted by Crippen LogP contribution is -2.47. The molecule has 1 heterocycles. The molecule has 1 saturated heterocycles. The van der Waals surface area contributed by atoms with Crippen LogP contribution in [0.4, 0.5) is 0 Å². The second-order valence-corrected chi connectivity index (χ2v) is 5.86. The summed E-state index contributed by atoms with van der Waals surface area (Å²) in [6, 6.07) is 6.72. The Balaban J connectivity index is 1.85. The summed E-state index contributed by atoms with van der Waals surface area (Å²) in [6.07, 6.45) is -0.217. The summed E-state index contributed by atoms with van der Waals surface area (Å²) in [4.78, 5) is 4.86. The molecule has 19 heavy (non-hydrogen) atoms. The number of hydrogen-bond donors (Lipinski definition) is 1. The fourth-order valence-electron chi connectivity index (χ4n) is 2.77. The maximum atomic E-state index is 9.41. The number of hydrogen-bond acceptors (Lipinski definition) is 3. The molecule has 1 aromatic carbocycles. The molecule has 0 saturated carbocycles. The average Bonchev–Trinajstić information content (AvgIpc) is 2.34. The molecule has 0 aromatic heterocycles. The van der Waals surface area contributed by atoms with Gasteiger partial charge in [-0.05, 0) is 31.9 Å². The van der Waals surface area contributed by atoms with E-state index in [4.69, 9.17) is 0 Å². The first-order valence-electron chi connectivity index (χ1n) is 7.23. The van der Waals surface area contributed by atoms with Crippen LogP contribution in [0.1, 0.15) is 23.6 Å². The zero-order valence-corrected chi connectivity index (χ0v) is 12.4. The third-order valence-corrected chi connectivity index (χ3v) is 3.88. The Bertz CT molecular complexity index is 409. The molecule has 1 aliphatic rings. The van der Waals surface area contributed by atoms with Crippen molar-refractivity contribution in [3.63, 3.8) is 0 Å². The largest absolute Gasteiger partial charge is 0.392 e. The predicted molar refractivity (Wildman–Crippen MR) is 79.3 cm³/mol. The molecule has 2 rings (SSSR count). The van der Waals surface area contributed by atoms with Gasteiger partial charge in [-0.25, -0.2) is 0 Å². The fourth-order valence-corrected chi connectivity index (χ4v) is 2.77. The molecule has 1 aliphatic heterocycles. The first kappa shape index (κ1) is 14.5. The molecule has 0 bridgehead atoms. The van der Waals surface area contributed by atoms with Crippen molar-refractivity contribution in [3.8, 4) is 0 Å². The van der Waals surface area contributed by atoms with Crippen LogP contribution < -0.4 is 0 Å². The number of aliphatic hydroxyl groups is 1. The number of benzene rings is 1. The second kappa shape index (κ2) is 6.51. The minimum Gasteiger partial charge on any atom is -0.392 e. The molecule has 0 aliphatic carbocycles. The summed E-state index contributed by atoms with van der Waals surface area (Å²) in [5.74, 6) is 0. The molecule has 1 unspecified atom stereocenters. The van der Waals surface area contributed by atoms with Crippen LogP contribution in [0.15, 0.2) is 18.2 Å². The third kappa shape index (κ3) is 4.30. The van der Waals surface area contributed by atoms with Gasteiger partial charge in [-0.3, -0.25) is 9.80 Å². The molecule has 3 heteroatoms. The quantitative estimate of drug-likeness (QED) is 0.896. The van der Waals surface area contributed by atoms with E-state index in [9.17, 15) is 5.11 Å². The number of rotatable bonds is 4. The lowest BCUT2D eigenvalue weighted by molar-refractivity contribution is 0.0780. The molecule has 3 nitrogen and oxygen atoms in total. The summed E-state index contributed by atoms with van der Waals surface area (Å²) in [5, 5.41) is 9.41. The Morgan fingerprint density at radius 3 is 2.32 bits per heavy atom. The van der Waals surface area contributed by atoms with Crippen molar-refractivity contribution in [1.82, 2.24) is 9.80 Å². The van der Waals surface area contributed by atoms with Gasteiger partial charge in [-0.1, -0.05) is 23.8 Å². The summed E-state index contributed by atoms with van der Waals surface area (Å²) >= 11 is 0. The van der Waals surface area contributed by atoms with Crippen molar-refractivity contribution >= 4 is 0 Å². The van der Waals surface area contributed by atoms with Crippen molar-refractivity contribution in [2.45, 2.75) is 33.4 Å². The van der Waals surface area contributed by atoms with Gasteiger partial charge < -0.3 is 5.11 Å². The fraction of sp³-hybridized carbons (Fsp3) is 0.625. The van der Waals surface area contributed by atoms with Crippen LogP contribution in [0.5, 0.6) is 0 Å². The number of β-amino-alcohol motifs (C(OH)–C–C–N with tert-alkyl or cyclic N) is 1. The number of aryl methyl sites for hydroxylation is 2. The molecule has 1 atom stereocenters. The van der Waals surface area contributed by atoms with E-state index in [1.807, 2.05) is 6.92 Å². The van der Waals surface area contributed by atoms with Gasteiger partial charge in [0.25, 0.3) is 0 Å². The first-order chi connectivity index (χ1) is 9.04. The summed E-state index contributed by atoms with van der Waals surface area (Å²) in [6.45, 7) is 12.4. The lowest BCUT2D eigenvalue weighted by atomic mass is 10.1. The standard InChI is InChI=1S/C16H26N2O/c1-13-4-5-16(14(2)10-13)12-18-8-6-17(7-9-18)11-15(3)19/h4-5,10,15,19H,6-9,11-12H2,1-3H3. The van der Waals surface area contributed by atoms with Gasteiger partial charge in [0.2, 0.25) is 0 Å². The predicted octanol–water partition coefficient (Wildman–Crippen LogP) is 1.80. The monoisotopic (exact) mass is 262 g/mol. The van der Waals surface area contributed by atoms with Crippen LogP contribution in [0.25, 0.3) is 0 Å². The van der Waals surface area contributed by atoms with Crippen LogP contribution in [-0.4, -0.2) is 53.7 Å². The molecule has 1 N–H and O–H groups in total. The molecular weight excluding hydrogens is 236 g/mol. The molecule has 0 spiro atoms. The van der Waals surface area contributed by atoms with E-state index in [-0.39, 0.29) is 6.10 Å². The third-order valence-electron chi connectivity index (χ3n) is 3.88. The van der Waals surface area contributed by atoms with Gasteiger partial charge in [-0.2, -0.15) is 0 Å². The highest BCUT2D eigenvalue weighted by atomic mass is 16.3. The van der Waals surface area contributed by atoms with Crippen LogP contribution in [-0.2, 0) is 6.54 Å². The SMILES string of the molecule is Cc1ccc(CN2CCN(CC(C)O)CC2)c(C)c1. The molecule has 0 radical (unpaired) electrons. The highest BCUT2D eigenvalue weighted by Crippen LogP contribution is 2.14. The first-order valence-corrected chi connectivity index (χ1v) is 7.23. The maximum Gasteiger partial charge on any atom is 0.0639 e. The molecule has 106 valence electrons. The van der Waals surface area contributed by atoms with Crippen LogP contribution in [0.3, 0.4) is 0 Å². The van der Waals surface area contributed by atoms with Crippen LogP contribution >= 0.6 is 0 Å². The minimum absolute atomic E-state index is 0.217. The van der Waals surface area contributed by atoms with Crippen molar-refractivity contribution in [3.05, 3.63) is 34.9 Å². The van der Waals surface area contributed by atoms with Crippen molar-refractivity contribution in [2.75, 3.05) is 32.7 Å². The maximum absolute atomic E-state index is 9.41. The van der Waals surface area contributed by atoms with E-state index >= 15 is 0 Å². The van der Waals surface area contributed by atoms with Gasteiger partial charge in [0.15, 0.2) is 0 Å². The average molecular weight is 262 g/mol. The molecule has 1 aromatic rings. The normalized spacial score (nSPS) is 19.6. The zero-order valence-electron chi connectivity index (χ0n) is 12.4. The smallest absolute Gasteiger partial charge is 0.0639 e. The Morgan fingerprint density at radius 1 is 1.11 bits per heavy atom.